The third-order valence-corrected chi connectivity index (χ3v) is 2.20. The van der Waals surface area contributed by atoms with E-state index in [4.69, 9.17) is 0 Å². The van der Waals surface area contributed by atoms with Crippen molar-refractivity contribution in [1.82, 2.24) is 20.0 Å². The number of hydrogen-bond acceptors (Lipinski definition) is 3. The first-order valence-electron chi connectivity index (χ1n) is 5.99. The summed E-state index contributed by atoms with van der Waals surface area (Å²) in [5, 5.41) is 9.39. The van der Waals surface area contributed by atoms with Crippen LogP contribution in [0.2, 0.25) is 0 Å². The summed E-state index contributed by atoms with van der Waals surface area (Å²) in [6.07, 6.45) is 3.22. The molecule has 0 aliphatic carbocycles. The summed E-state index contributed by atoms with van der Waals surface area (Å²) in [5.74, 6) is -0.198. The van der Waals surface area contributed by atoms with Gasteiger partial charge in [0.1, 0.15) is 6.54 Å². The molecule has 3 amide bonds. The molecule has 0 radical (unpaired) electrons. The molecule has 1 aromatic rings. The van der Waals surface area contributed by atoms with Crippen molar-refractivity contribution in [2.24, 2.45) is 7.05 Å². The van der Waals surface area contributed by atoms with Crippen LogP contribution in [0.15, 0.2) is 12.4 Å². The van der Waals surface area contributed by atoms with E-state index in [1.165, 1.54) is 4.90 Å². The molecule has 19 heavy (non-hydrogen) atoms. The van der Waals surface area contributed by atoms with Crippen molar-refractivity contribution in [2.75, 3.05) is 18.9 Å². The Balaban J connectivity index is 2.47. The number of hydrogen-bond donors (Lipinski definition) is 2. The van der Waals surface area contributed by atoms with Crippen LogP contribution in [0.5, 0.6) is 0 Å². The van der Waals surface area contributed by atoms with Crippen molar-refractivity contribution < 1.29 is 9.59 Å². The molecule has 1 heterocycles. The molecule has 7 nitrogen and oxygen atoms in total. The zero-order valence-corrected chi connectivity index (χ0v) is 12.0. The highest BCUT2D eigenvalue weighted by atomic mass is 16.2. The molecular formula is C12H21N5O2. The summed E-state index contributed by atoms with van der Waals surface area (Å²) in [5.41, 5.74) is 0.285. The van der Waals surface area contributed by atoms with Crippen molar-refractivity contribution in [2.45, 2.75) is 26.3 Å². The lowest BCUT2D eigenvalue weighted by atomic mass is 10.1. The second-order valence-corrected chi connectivity index (χ2v) is 5.49. The predicted molar refractivity (Wildman–Crippen MR) is 72.8 cm³/mol. The molecule has 0 saturated heterocycles. The van der Waals surface area contributed by atoms with Gasteiger partial charge < -0.3 is 15.5 Å². The second kappa shape index (κ2) is 5.73. The number of rotatable bonds is 3. The smallest absolute Gasteiger partial charge is 0.322 e. The average Bonchev–Trinajstić information content (AvgIpc) is 2.60. The maximum Gasteiger partial charge on any atom is 0.322 e. The molecule has 0 atom stereocenters. The number of carbonyl (C=O) groups is 2. The SMILES string of the molecule is CN(CC(=O)NC(C)(C)C)C(=O)Nc1cnn(C)c1. The minimum absolute atomic E-state index is 0.00334. The molecule has 2 N–H and O–H groups in total. The standard InChI is InChI=1S/C12H21N5O2/c1-12(2,3)15-10(18)8-16(4)11(19)14-9-6-13-17(5)7-9/h6-7H,8H2,1-5H3,(H,14,19)(H,15,18). The second-order valence-electron chi connectivity index (χ2n) is 5.49. The van der Waals surface area contributed by atoms with E-state index in [-0.39, 0.29) is 24.0 Å². The lowest BCUT2D eigenvalue weighted by Crippen LogP contribution is -2.47. The number of aryl methyl sites for hydroxylation is 1. The van der Waals surface area contributed by atoms with Gasteiger partial charge in [0.2, 0.25) is 5.91 Å². The van der Waals surface area contributed by atoms with Gasteiger partial charge in [0.25, 0.3) is 0 Å². The molecule has 0 saturated carbocycles. The Morgan fingerprint density at radius 1 is 1.42 bits per heavy atom. The lowest BCUT2D eigenvalue weighted by Gasteiger charge is -2.23. The predicted octanol–water partition coefficient (Wildman–Crippen LogP) is 0.798. The average molecular weight is 267 g/mol. The van der Waals surface area contributed by atoms with E-state index in [1.54, 1.807) is 31.2 Å². The molecule has 0 bridgehead atoms. The summed E-state index contributed by atoms with van der Waals surface area (Å²) in [6.45, 7) is 5.67. The van der Waals surface area contributed by atoms with Gasteiger partial charge in [-0.1, -0.05) is 0 Å². The van der Waals surface area contributed by atoms with Crippen LogP contribution in [0.1, 0.15) is 20.8 Å². The fourth-order valence-electron chi connectivity index (χ4n) is 1.45. The van der Waals surface area contributed by atoms with Gasteiger partial charge in [-0.2, -0.15) is 5.10 Å². The van der Waals surface area contributed by atoms with Crippen LogP contribution in [-0.2, 0) is 11.8 Å². The zero-order chi connectivity index (χ0) is 14.6. The first-order chi connectivity index (χ1) is 8.67. The minimum Gasteiger partial charge on any atom is -0.350 e. The van der Waals surface area contributed by atoms with Gasteiger partial charge in [0.05, 0.1) is 11.9 Å². The Labute approximate surface area is 113 Å². The number of anilines is 1. The first-order valence-corrected chi connectivity index (χ1v) is 5.99. The normalized spacial score (nSPS) is 11.0. The number of urea groups is 1. The van der Waals surface area contributed by atoms with Crippen LogP contribution in [0.4, 0.5) is 10.5 Å². The molecule has 0 spiro atoms. The fraction of sp³-hybridized carbons (Fsp3) is 0.583. The van der Waals surface area contributed by atoms with Crippen LogP contribution >= 0.6 is 0 Å². The van der Waals surface area contributed by atoms with E-state index >= 15 is 0 Å². The van der Waals surface area contributed by atoms with Crippen LogP contribution in [0, 0.1) is 0 Å². The maximum atomic E-state index is 11.8. The Kier molecular flexibility index (Phi) is 4.52. The Bertz CT molecular complexity index is 461. The summed E-state index contributed by atoms with van der Waals surface area (Å²) in [7, 11) is 3.32. The van der Waals surface area contributed by atoms with Gasteiger partial charge in [-0.3, -0.25) is 9.48 Å². The molecule has 0 aromatic carbocycles. The number of amides is 3. The fourth-order valence-corrected chi connectivity index (χ4v) is 1.45. The topological polar surface area (TPSA) is 79.3 Å². The quantitative estimate of drug-likeness (QED) is 0.850. The van der Waals surface area contributed by atoms with E-state index in [9.17, 15) is 9.59 Å². The molecule has 1 aromatic heterocycles. The van der Waals surface area contributed by atoms with Gasteiger partial charge in [0, 0.05) is 25.8 Å². The number of aromatic nitrogens is 2. The summed E-state index contributed by atoms with van der Waals surface area (Å²) < 4.78 is 1.59. The molecule has 7 heteroatoms. The van der Waals surface area contributed by atoms with Gasteiger partial charge in [-0.05, 0) is 20.8 Å². The van der Waals surface area contributed by atoms with Gasteiger partial charge in [-0.15, -0.1) is 0 Å². The lowest BCUT2D eigenvalue weighted by molar-refractivity contribution is -0.122. The molecule has 1 rings (SSSR count). The zero-order valence-electron chi connectivity index (χ0n) is 12.0. The molecule has 106 valence electrons. The van der Waals surface area contributed by atoms with Crippen molar-refractivity contribution in [3.05, 3.63) is 12.4 Å². The van der Waals surface area contributed by atoms with Crippen LogP contribution < -0.4 is 10.6 Å². The van der Waals surface area contributed by atoms with Crippen LogP contribution in [0.3, 0.4) is 0 Å². The van der Waals surface area contributed by atoms with Gasteiger partial charge in [-0.25, -0.2) is 4.79 Å². The summed E-state index contributed by atoms with van der Waals surface area (Å²) in [4.78, 5) is 24.8. The van der Waals surface area contributed by atoms with Gasteiger partial charge >= 0.3 is 6.03 Å². The minimum atomic E-state index is -0.350. The molecular weight excluding hydrogens is 246 g/mol. The van der Waals surface area contributed by atoms with Crippen molar-refractivity contribution in [1.29, 1.82) is 0 Å². The number of likely N-dealkylation sites (N-methyl/N-ethyl adjacent to an activating group) is 1. The molecule has 0 unspecified atom stereocenters. The van der Waals surface area contributed by atoms with Crippen LogP contribution in [0.25, 0.3) is 0 Å². The Morgan fingerprint density at radius 3 is 2.53 bits per heavy atom. The van der Waals surface area contributed by atoms with E-state index in [0.29, 0.717) is 5.69 Å². The third-order valence-electron chi connectivity index (χ3n) is 2.20. The largest absolute Gasteiger partial charge is 0.350 e. The monoisotopic (exact) mass is 267 g/mol. The van der Waals surface area contributed by atoms with E-state index in [2.05, 4.69) is 15.7 Å². The maximum absolute atomic E-state index is 11.8. The molecule has 0 aliphatic heterocycles. The van der Waals surface area contributed by atoms with Gasteiger partial charge in [0.15, 0.2) is 0 Å². The highest BCUT2D eigenvalue weighted by molar-refractivity contribution is 5.92. The number of nitrogens with zero attached hydrogens (tertiary/aromatic N) is 3. The number of carbonyl (C=O) groups excluding carboxylic acids is 2. The first kappa shape index (κ1) is 15.0. The third kappa shape index (κ3) is 5.41. The summed E-state index contributed by atoms with van der Waals surface area (Å²) >= 11 is 0. The van der Waals surface area contributed by atoms with E-state index in [1.807, 2.05) is 20.8 Å². The van der Waals surface area contributed by atoms with Crippen LogP contribution in [-0.4, -0.2) is 45.8 Å². The van der Waals surface area contributed by atoms with Crippen molar-refractivity contribution >= 4 is 17.6 Å². The van der Waals surface area contributed by atoms with E-state index in [0.717, 1.165) is 0 Å². The molecule has 0 aliphatic rings. The summed E-state index contributed by atoms with van der Waals surface area (Å²) in [6, 6.07) is -0.350. The number of nitrogens with one attached hydrogen (secondary N) is 2. The Hall–Kier alpha value is -2.05. The van der Waals surface area contributed by atoms with E-state index < -0.39 is 0 Å². The Morgan fingerprint density at radius 2 is 2.05 bits per heavy atom. The van der Waals surface area contributed by atoms with Crippen molar-refractivity contribution in [3.8, 4) is 0 Å². The highest BCUT2D eigenvalue weighted by Gasteiger charge is 2.17. The molecule has 0 fully saturated rings. The highest BCUT2D eigenvalue weighted by Crippen LogP contribution is 2.04. The van der Waals surface area contributed by atoms with Crippen molar-refractivity contribution in [3.63, 3.8) is 0 Å².